The quantitative estimate of drug-likeness (QED) is 0.694. The van der Waals surface area contributed by atoms with Crippen molar-refractivity contribution in [3.63, 3.8) is 0 Å². The average Bonchev–Trinajstić information content (AvgIpc) is 2.96. The van der Waals surface area contributed by atoms with E-state index in [1.54, 1.807) is 11.8 Å². The van der Waals surface area contributed by atoms with Gasteiger partial charge in [-0.2, -0.15) is 0 Å². The van der Waals surface area contributed by atoms with Gasteiger partial charge in [-0.3, -0.25) is 4.79 Å². The molecule has 0 aliphatic carbocycles. The minimum Gasteiger partial charge on any atom is -0.333 e. The maximum absolute atomic E-state index is 12.0. The number of carbonyl (C=O) groups is 1. The molecule has 2 N–H and O–H groups in total. The predicted molar refractivity (Wildman–Crippen MR) is 93.7 cm³/mol. The van der Waals surface area contributed by atoms with Crippen molar-refractivity contribution < 1.29 is 4.79 Å². The number of hydrogen-bond donors (Lipinski definition) is 2. The van der Waals surface area contributed by atoms with E-state index in [-0.39, 0.29) is 5.91 Å². The van der Waals surface area contributed by atoms with Gasteiger partial charge in [0.15, 0.2) is 5.16 Å². The Balaban J connectivity index is 1.59. The Labute approximate surface area is 137 Å². The lowest BCUT2D eigenvalue weighted by Gasteiger charge is -2.05. The lowest BCUT2D eigenvalue weighted by Crippen LogP contribution is -2.14. The summed E-state index contributed by atoms with van der Waals surface area (Å²) in [7, 11) is 0. The van der Waals surface area contributed by atoms with Crippen LogP contribution in [0.5, 0.6) is 0 Å². The minimum absolute atomic E-state index is 0.0382. The number of hydrogen-bond acceptors (Lipinski definition) is 4. The summed E-state index contributed by atoms with van der Waals surface area (Å²) < 4.78 is 0. The molecule has 1 amide bonds. The van der Waals surface area contributed by atoms with Crippen molar-refractivity contribution in [2.75, 3.05) is 17.3 Å². The van der Waals surface area contributed by atoms with Crippen molar-refractivity contribution in [2.24, 2.45) is 0 Å². The summed E-state index contributed by atoms with van der Waals surface area (Å²) in [6.07, 6.45) is 2.01. The highest BCUT2D eigenvalue weighted by atomic mass is 32.2. The molecule has 0 spiro atoms. The number of anilines is 1. The van der Waals surface area contributed by atoms with Crippen LogP contribution < -0.4 is 5.32 Å². The van der Waals surface area contributed by atoms with Crippen molar-refractivity contribution in [3.05, 3.63) is 48.5 Å². The molecule has 0 aliphatic heterocycles. The number of H-pyrrole nitrogens is 1. The fraction of sp³-hybridized carbons (Fsp3) is 0.125. The standard InChI is InChI=1S/C16H15N3OS2/c1-21-12-6-4-5-11(9-12)17-15(20)10-22-16-18-13-7-2-3-8-14(13)19-16/h2-9H,10H2,1H3,(H,17,20)(H,18,19). The fourth-order valence-corrected chi connectivity index (χ4v) is 3.17. The number of para-hydroxylation sites is 2. The van der Waals surface area contributed by atoms with Gasteiger partial charge >= 0.3 is 0 Å². The van der Waals surface area contributed by atoms with E-state index in [2.05, 4.69) is 15.3 Å². The molecular formula is C16H15N3OS2. The molecule has 0 atom stereocenters. The predicted octanol–water partition coefficient (Wildman–Crippen LogP) is 4.02. The van der Waals surface area contributed by atoms with Crippen LogP contribution in [0, 0.1) is 0 Å². The lowest BCUT2D eigenvalue weighted by atomic mass is 10.3. The summed E-state index contributed by atoms with van der Waals surface area (Å²) in [5.41, 5.74) is 2.72. The van der Waals surface area contributed by atoms with Gasteiger partial charge in [-0.1, -0.05) is 30.0 Å². The van der Waals surface area contributed by atoms with Crippen LogP contribution in [0.1, 0.15) is 0 Å². The summed E-state index contributed by atoms with van der Waals surface area (Å²) in [4.78, 5) is 20.8. The normalized spacial score (nSPS) is 10.8. The van der Waals surface area contributed by atoms with Crippen LogP contribution in [0.25, 0.3) is 11.0 Å². The molecule has 0 unspecified atom stereocenters. The molecule has 0 fully saturated rings. The fourth-order valence-electron chi connectivity index (χ4n) is 2.03. The van der Waals surface area contributed by atoms with Crippen molar-refractivity contribution >= 4 is 46.2 Å². The molecule has 2 aromatic carbocycles. The number of carbonyl (C=O) groups excluding carboxylic acids is 1. The van der Waals surface area contributed by atoms with Crippen LogP contribution in [0.3, 0.4) is 0 Å². The zero-order valence-corrected chi connectivity index (χ0v) is 13.6. The summed E-state index contributed by atoms with van der Waals surface area (Å²) >= 11 is 3.05. The van der Waals surface area contributed by atoms with Gasteiger partial charge in [0.05, 0.1) is 16.8 Å². The molecular weight excluding hydrogens is 314 g/mol. The molecule has 0 saturated carbocycles. The number of fused-ring (bicyclic) bond motifs is 1. The summed E-state index contributed by atoms with van der Waals surface area (Å²) in [5, 5.41) is 3.66. The van der Waals surface area contributed by atoms with Gasteiger partial charge in [-0.25, -0.2) is 4.98 Å². The molecule has 0 aliphatic rings. The number of thioether (sulfide) groups is 2. The second-order valence-electron chi connectivity index (χ2n) is 4.63. The Hall–Kier alpha value is -1.92. The monoisotopic (exact) mass is 329 g/mol. The number of aromatic amines is 1. The van der Waals surface area contributed by atoms with Gasteiger partial charge in [-0.05, 0) is 36.6 Å². The van der Waals surface area contributed by atoms with Gasteiger partial charge in [0.25, 0.3) is 0 Å². The topological polar surface area (TPSA) is 57.8 Å². The van der Waals surface area contributed by atoms with Crippen LogP contribution in [0.4, 0.5) is 5.69 Å². The molecule has 0 radical (unpaired) electrons. The number of aromatic nitrogens is 2. The highest BCUT2D eigenvalue weighted by Gasteiger charge is 2.07. The van der Waals surface area contributed by atoms with E-state index in [4.69, 9.17) is 0 Å². The smallest absolute Gasteiger partial charge is 0.234 e. The molecule has 1 aromatic heterocycles. The molecule has 6 heteroatoms. The SMILES string of the molecule is CSc1cccc(NC(=O)CSc2nc3ccccc3[nH]2)c1. The van der Waals surface area contributed by atoms with Crippen LogP contribution in [0.2, 0.25) is 0 Å². The molecule has 3 rings (SSSR count). The second-order valence-corrected chi connectivity index (χ2v) is 6.47. The number of benzene rings is 2. The van der Waals surface area contributed by atoms with Crippen molar-refractivity contribution in [3.8, 4) is 0 Å². The number of nitrogens with zero attached hydrogens (tertiary/aromatic N) is 1. The summed E-state index contributed by atoms with van der Waals surface area (Å²) in [5.74, 6) is 0.285. The van der Waals surface area contributed by atoms with Crippen LogP contribution in [-0.4, -0.2) is 27.9 Å². The van der Waals surface area contributed by atoms with Crippen molar-refractivity contribution in [1.29, 1.82) is 0 Å². The molecule has 3 aromatic rings. The van der Waals surface area contributed by atoms with Gasteiger partial charge in [0, 0.05) is 10.6 Å². The molecule has 0 saturated heterocycles. The molecule has 112 valence electrons. The van der Waals surface area contributed by atoms with E-state index in [0.717, 1.165) is 26.8 Å². The summed E-state index contributed by atoms with van der Waals surface area (Å²) in [6, 6.07) is 15.6. The van der Waals surface area contributed by atoms with E-state index in [0.29, 0.717) is 5.75 Å². The third kappa shape index (κ3) is 3.64. The number of imidazole rings is 1. The van der Waals surface area contributed by atoms with E-state index in [1.807, 2.05) is 54.8 Å². The molecule has 22 heavy (non-hydrogen) atoms. The Kier molecular flexibility index (Phi) is 4.70. The largest absolute Gasteiger partial charge is 0.333 e. The number of rotatable bonds is 5. The van der Waals surface area contributed by atoms with E-state index >= 15 is 0 Å². The highest BCUT2D eigenvalue weighted by Crippen LogP contribution is 2.21. The first-order valence-corrected chi connectivity index (χ1v) is 8.97. The maximum Gasteiger partial charge on any atom is 0.234 e. The van der Waals surface area contributed by atoms with E-state index in [9.17, 15) is 4.79 Å². The Morgan fingerprint density at radius 1 is 1.23 bits per heavy atom. The Bertz CT molecular complexity index is 768. The average molecular weight is 329 g/mol. The zero-order chi connectivity index (χ0) is 15.4. The Morgan fingerprint density at radius 2 is 2.09 bits per heavy atom. The first-order valence-electron chi connectivity index (χ1n) is 6.76. The third-order valence-corrected chi connectivity index (χ3v) is 4.66. The molecule has 0 bridgehead atoms. The molecule has 4 nitrogen and oxygen atoms in total. The lowest BCUT2D eigenvalue weighted by molar-refractivity contribution is -0.113. The molecule has 1 heterocycles. The first-order chi connectivity index (χ1) is 10.7. The zero-order valence-electron chi connectivity index (χ0n) is 12.0. The third-order valence-electron chi connectivity index (χ3n) is 3.06. The number of amides is 1. The first kappa shape index (κ1) is 15.0. The van der Waals surface area contributed by atoms with E-state index in [1.165, 1.54) is 11.8 Å². The van der Waals surface area contributed by atoms with Gasteiger partial charge in [-0.15, -0.1) is 11.8 Å². The second kappa shape index (κ2) is 6.89. The van der Waals surface area contributed by atoms with Gasteiger partial charge in [0.2, 0.25) is 5.91 Å². The van der Waals surface area contributed by atoms with Crippen molar-refractivity contribution in [1.82, 2.24) is 9.97 Å². The van der Waals surface area contributed by atoms with E-state index < -0.39 is 0 Å². The van der Waals surface area contributed by atoms with Gasteiger partial charge in [0.1, 0.15) is 0 Å². The Morgan fingerprint density at radius 3 is 2.91 bits per heavy atom. The maximum atomic E-state index is 12.0. The summed E-state index contributed by atoms with van der Waals surface area (Å²) in [6.45, 7) is 0. The van der Waals surface area contributed by atoms with Gasteiger partial charge < -0.3 is 10.3 Å². The number of nitrogens with one attached hydrogen (secondary N) is 2. The van der Waals surface area contributed by atoms with Crippen LogP contribution in [0.15, 0.2) is 58.6 Å². The highest BCUT2D eigenvalue weighted by molar-refractivity contribution is 7.99. The van der Waals surface area contributed by atoms with Crippen molar-refractivity contribution in [2.45, 2.75) is 10.1 Å². The van der Waals surface area contributed by atoms with Crippen LogP contribution in [-0.2, 0) is 4.79 Å². The van der Waals surface area contributed by atoms with Crippen LogP contribution >= 0.6 is 23.5 Å². The minimum atomic E-state index is -0.0382.